The third-order valence-electron chi connectivity index (χ3n) is 8.08. The molecule has 0 bridgehead atoms. The number of carbonyl (C=O) groups is 1. The Morgan fingerprint density at radius 1 is 1.12 bits per heavy atom. The third-order valence-corrected chi connectivity index (χ3v) is 8.39. The minimum atomic E-state index is -0.875. The van der Waals surface area contributed by atoms with Gasteiger partial charge in [0.2, 0.25) is 5.72 Å². The first-order chi connectivity index (χ1) is 19.3. The maximum atomic E-state index is 12.1. The molecule has 1 unspecified atom stereocenters. The van der Waals surface area contributed by atoms with Crippen LogP contribution in [0.1, 0.15) is 45.2 Å². The number of hydrogen-bond donors (Lipinski definition) is 0. The first kappa shape index (κ1) is 26.1. The van der Waals surface area contributed by atoms with Gasteiger partial charge in [0.25, 0.3) is 0 Å². The number of nitrogens with zero attached hydrogens (tertiary/aromatic N) is 2. The number of allylic oxidation sites excluding steroid dienone is 1. The molecule has 5 nitrogen and oxygen atoms in total. The maximum Gasteiger partial charge on any atom is 0.335 e. The zero-order valence-corrected chi connectivity index (χ0v) is 23.9. The summed E-state index contributed by atoms with van der Waals surface area (Å²) in [6.07, 6.45) is 7.99. The second-order valence-corrected chi connectivity index (χ2v) is 11.2. The fourth-order valence-electron chi connectivity index (χ4n) is 6.35. The van der Waals surface area contributed by atoms with Crippen LogP contribution in [0.15, 0.2) is 78.3 Å². The molecule has 0 amide bonds. The first-order valence-electron chi connectivity index (χ1n) is 13.6. The quantitative estimate of drug-likeness (QED) is 0.141. The van der Waals surface area contributed by atoms with Gasteiger partial charge >= 0.3 is 5.97 Å². The number of esters is 1. The van der Waals surface area contributed by atoms with Crippen LogP contribution in [0.2, 0.25) is 5.02 Å². The third kappa shape index (κ3) is 3.61. The number of rotatable bonds is 5. The molecule has 6 rings (SSSR count). The van der Waals surface area contributed by atoms with Crippen molar-refractivity contribution in [2.45, 2.75) is 45.3 Å². The molecule has 0 N–H and O–H groups in total. The van der Waals surface area contributed by atoms with E-state index >= 15 is 0 Å². The molecule has 40 heavy (non-hydrogen) atoms. The molecule has 2 heterocycles. The van der Waals surface area contributed by atoms with E-state index in [1.165, 1.54) is 5.56 Å². The van der Waals surface area contributed by atoms with Crippen LogP contribution in [-0.4, -0.2) is 24.5 Å². The van der Waals surface area contributed by atoms with Gasteiger partial charge in [-0.05, 0) is 61.9 Å². The number of benzene rings is 4. The lowest BCUT2D eigenvalue weighted by Gasteiger charge is -2.46. The summed E-state index contributed by atoms with van der Waals surface area (Å²) in [6, 6.07) is 18.0. The Labute approximate surface area is 239 Å². The highest BCUT2D eigenvalue weighted by Crippen LogP contribution is 2.58. The summed E-state index contributed by atoms with van der Waals surface area (Å²) in [5, 5.41) is 4.51. The standard InChI is InChI=1S/C34H31ClN2O3/c1-6-12-21-18-28-32(24-15-11-16-27(30(21)24)39-29(38)8-3)36-20-34(40-28)33(4,5)31-23-14-10-9-13-22(23)25(35)19-26(31)37(34)17-7-2/h6,8-16,18-20H,3,7,17H2,1-2,4-5H3. The van der Waals surface area contributed by atoms with E-state index in [1.54, 1.807) is 6.07 Å². The average molecular weight is 551 g/mol. The van der Waals surface area contributed by atoms with Crippen molar-refractivity contribution in [1.82, 2.24) is 0 Å². The second kappa shape index (κ2) is 9.53. The Morgan fingerprint density at radius 2 is 1.88 bits per heavy atom. The highest BCUT2D eigenvalue weighted by Gasteiger charge is 2.60. The number of carbonyl (C=O) groups excluding carboxylic acids is 1. The summed E-state index contributed by atoms with van der Waals surface area (Å²) in [4.78, 5) is 19.5. The van der Waals surface area contributed by atoms with Crippen LogP contribution in [0.25, 0.3) is 27.6 Å². The Kier molecular flexibility index (Phi) is 6.23. The predicted octanol–water partition coefficient (Wildman–Crippen LogP) is 8.77. The zero-order chi connectivity index (χ0) is 28.2. The zero-order valence-electron chi connectivity index (χ0n) is 23.1. The minimum absolute atomic E-state index is 0.455. The van der Waals surface area contributed by atoms with Crippen molar-refractivity contribution in [2.75, 3.05) is 11.4 Å². The monoisotopic (exact) mass is 550 g/mol. The van der Waals surface area contributed by atoms with E-state index in [9.17, 15) is 4.79 Å². The Bertz CT molecular complexity index is 1770. The fourth-order valence-corrected chi connectivity index (χ4v) is 6.62. The molecular weight excluding hydrogens is 520 g/mol. The van der Waals surface area contributed by atoms with Gasteiger partial charge in [0.05, 0.1) is 16.7 Å². The lowest BCUT2D eigenvalue weighted by Crippen LogP contribution is -2.62. The van der Waals surface area contributed by atoms with Crippen LogP contribution >= 0.6 is 11.6 Å². The highest BCUT2D eigenvalue weighted by atomic mass is 35.5. The van der Waals surface area contributed by atoms with E-state index in [1.807, 2.05) is 49.6 Å². The molecule has 202 valence electrons. The van der Waals surface area contributed by atoms with Crippen molar-refractivity contribution in [2.24, 2.45) is 4.99 Å². The van der Waals surface area contributed by atoms with E-state index in [4.69, 9.17) is 26.1 Å². The number of hydrogen-bond acceptors (Lipinski definition) is 5. The van der Waals surface area contributed by atoms with E-state index in [-0.39, 0.29) is 0 Å². The molecule has 0 saturated heterocycles. The molecule has 1 spiro atoms. The van der Waals surface area contributed by atoms with Gasteiger partial charge in [0.1, 0.15) is 17.2 Å². The Hall–Kier alpha value is -4.09. The number of fused-ring (bicyclic) bond motifs is 6. The van der Waals surface area contributed by atoms with Crippen molar-refractivity contribution >= 4 is 62.8 Å². The van der Waals surface area contributed by atoms with Gasteiger partial charge < -0.3 is 14.4 Å². The average Bonchev–Trinajstić information content (AvgIpc) is 3.11. The van der Waals surface area contributed by atoms with Crippen LogP contribution < -0.4 is 14.4 Å². The van der Waals surface area contributed by atoms with Crippen molar-refractivity contribution in [3.8, 4) is 11.5 Å². The van der Waals surface area contributed by atoms with Gasteiger partial charge in [-0.3, -0.25) is 4.99 Å². The lowest BCUT2D eigenvalue weighted by molar-refractivity contribution is -0.128. The fraction of sp³-hybridized carbons (Fsp3) is 0.235. The second-order valence-electron chi connectivity index (χ2n) is 10.7. The summed E-state index contributed by atoms with van der Waals surface area (Å²) >= 11 is 6.84. The van der Waals surface area contributed by atoms with Crippen molar-refractivity contribution in [3.63, 3.8) is 0 Å². The van der Waals surface area contributed by atoms with Crippen molar-refractivity contribution in [1.29, 1.82) is 0 Å². The van der Waals surface area contributed by atoms with Crippen LogP contribution in [0, 0.1) is 0 Å². The number of anilines is 1. The molecule has 0 fully saturated rings. The topological polar surface area (TPSA) is 51.1 Å². The first-order valence-corrected chi connectivity index (χ1v) is 14.0. The SMILES string of the molecule is C=CC(=O)Oc1cccc2c3c(cc(C=CC)c12)OC1(C=N3)N(CCC)c2cc(Cl)c3ccccc3c2C1(C)C. The molecule has 0 saturated carbocycles. The molecule has 6 heteroatoms. The molecule has 2 aliphatic rings. The van der Waals surface area contributed by atoms with Gasteiger partial charge in [-0.2, -0.15) is 0 Å². The van der Waals surface area contributed by atoms with Gasteiger partial charge in [-0.25, -0.2) is 4.79 Å². The van der Waals surface area contributed by atoms with Gasteiger partial charge in [0.15, 0.2) is 0 Å². The van der Waals surface area contributed by atoms with Crippen LogP contribution in [0.5, 0.6) is 11.5 Å². The summed E-state index contributed by atoms with van der Waals surface area (Å²) in [7, 11) is 0. The molecule has 0 aliphatic carbocycles. The molecule has 1 atom stereocenters. The smallest absolute Gasteiger partial charge is 0.335 e. The Balaban J connectivity index is 1.60. The summed E-state index contributed by atoms with van der Waals surface area (Å²) in [5.41, 5.74) is 2.50. The minimum Gasteiger partial charge on any atom is -0.459 e. The maximum absolute atomic E-state index is 12.1. The van der Waals surface area contributed by atoms with E-state index in [0.717, 1.165) is 56.9 Å². The highest BCUT2D eigenvalue weighted by molar-refractivity contribution is 6.36. The Morgan fingerprint density at radius 3 is 2.60 bits per heavy atom. The van der Waals surface area contributed by atoms with Crippen LogP contribution in [-0.2, 0) is 10.2 Å². The molecule has 0 radical (unpaired) electrons. The van der Waals surface area contributed by atoms with Crippen molar-refractivity contribution in [3.05, 3.63) is 89.5 Å². The van der Waals surface area contributed by atoms with E-state index < -0.39 is 17.1 Å². The van der Waals surface area contributed by atoms with Gasteiger partial charge in [-0.1, -0.05) is 73.7 Å². The molecular formula is C34H31ClN2O3. The number of aliphatic imine (C=N–C) groups is 1. The molecule has 4 aromatic rings. The summed E-state index contributed by atoms with van der Waals surface area (Å²) in [5.74, 6) is 0.616. The van der Waals surface area contributed by atoms with E-state index in [0.29, 0.717) is 17.2 Å². The molecule has 4 aromatic carbocycles. The van der Waals surface area contributed by atoms with E-state index in [2.05, 4.69) is 56.5 Å². The normalized spacial score (nSPS) is 18.8. The van der Waals surface area contributed by atoms with Gasteiger partial charge in [0, 0.05) is 34.5 Å². The largest absolute Gasteiger partial charge is 0.459 e. The van der Waals surface area contributed by atoms with Gasteiger partial charge in [-0.15, -0.1) is 0 Å². The molecule has 2 aliphatic heterocycles. The lowest BCUT2D eigenvalue weighted by atomic mass is 9.75. The number of halogens is 1. The summed E-state index contributed by atoms with van der Waals surface area (Å²) < 4.78 is 12.8. The summed E-state index contributed by atoms with van der Waals surface area (Å²) in [6.45, 7) is 12.9. The molecule has 0 aromatic heterocycles. The number of ether oxygens (including phenoxy) is 2. The van der Waals surface area contributed by atoms with Crippen LogP contribution in [0.4, 0.5) is 11.4 Å². The van der Waals surface area contributed by atoms with Crippen LogP contribution in [0.3, 0.4) is 0 Å². The van der Waals surface area contributed by atoms with Crippen molar-refractivity contribution < 1.29 is 14.3 Å². The predicted molar refractivity (Wildman–Crippen MR) is 166 cm³/mol.